The van der Waals surface area contributed by atoms with Gasteiger partial charge >= 0.3 is 0 Å². The molecule has 0 saturated heterocycles. The number of nitriles is 1. The van der Waals surface area contributed by atoms with Gasteiger partial charge in [0, 0.05) is 19.3 Å². The van der Waals surface area contributed by atoms with E-state index in [4.69, 9.17) is 11.0 Å². The summed E-state index contributed by atoms with van der Waals surface area (Å²) >= 11 is 0. The van der Waals surface area contributed by atoms with Gasteiger partial charge < -0.3 is 10.6 Å². The Morgan fingerprint density at radius 2 is 2.27 bits per heavy atom. The Morgan fingerprint density at radius 3 is 2.80 bits per heavy atom. The Hall–Kier alpha value is -1.76. The van der Waals surface area contributed by atoms with Crippen LogP contribution in [0.1, 0.15) is 25.8 Å². The lowest BCUT2D eigenvalue weighted by molar-refractivity contribution is 0.780. The monoisotopic (exact) mass is 204 g/mol. The van der Waals surface area contributed by atoms with Crippen LogP contribution in [0.2, 0.25) is 0 Å². The molecule has 0 bridgehead atoms. The first kappa shape index (κ1) is 11.3. The third-order valence-corrected chi connectivity index (χ3v) is 2.26. The zero-order valence-corrected chi connectivity index (χ0v) is 9.20. The molecule has 0 saturated carbocycles. The first-order chi connectivity index (χ1) is 7.24. The fourth-order valence-electron chi connectivity index (χ4n) is 1.50. The van der Waals surface area contributed by atoms with Crippen molar-refractivity contribution >= 4 is 11.5 Å². The number of anilines is 2. The molecule has 0 spiro atoms. The van der Waals surface area contributed by atoms with Crippen molar-refractivity contribution in [2.24, 2.45) is 0 Å². The van der Waals surface area contributed by atoms with E-state index < -0.39 is 0 Å². The summed E-state index contributed by atoms with van der Waals surface area (Å²) in [6, 6.07) is 3.70. The van der Waals surface area contributed by atoms with Gasteiger partial charge in [-0.15, -0.1) is 0 Å². The van der Waals surface area contributed by atoms with Crippen molar-refractivity contribution in [3.05, 3.63) is 17.8 Å². The minimum atomic E-state index is 0.482. The average molecular weight is 204 g/mol. The van der Waals surface area contributed by atoms with E-state index in [0.717, 1.165) is 25.3 Å². The summed E-state index contributed by atoms with van der Waals surface area (Å²) in [4.78, 5) is 6.31. The van der Waals surface area contributed by atoms with Crippen LogP contribution in [0.3, 0.4) is 0 Å². The molecule has 2 N–H and O–H groups in total. The summed E-state index contributed by atoms with van der Waals surface area (Å²) < 4.78 is 0. The quantitative estimate of drug-likeness (QED) is 0.811. The molecule has 0 unspecified atom stereocenters. The molecule has 0 radical (unpaired) electrons. The molecule has 1 heterocycles. The van der Waals surface area contributed by atoms with Crippen LogP contribution in [-0.4, -0.2) is 18.1 Å². The molecule has 4 heteroatoms. The Bertz CT molecular complexity index is 367. The number of nitrogens with two attached hydrogens (primary N) is 1. The van der Waals surface area contributed by atoms with E-state index in [-0.39, 0.29) is 0 Å². The van der Waals surface area contributed by atoms with E-state index >= 15 is 0 Å². The third-order valence-electron chi connectivity index (χ3n) is 2.26. The predicted molar refractivity (Wildman–Crippen MR) is 61.5 cm³/mol. The molecule has 15 heavy (non-hydrogen) atoms. The highest BCUT2D eigenvalue weighted by atomic mass is 15.2. The van der Waals surface area contributed by atoms with Gasteiger partial charge in [-0.2, -0.15) is 5.26 Å². The van der Waals surface area contributed by atoms with Crippen LogP contribution >= 0.6 is 0 Å². The van der Waals surface area contributed by atoms with Gasteiger partial charge in [0.15, 0.2) is 5.82 Å². The summed E-state index contributed by atoms with van der Waals surface area (Å²) in [6.07, 6.45) is 2.66. The lowest BCUT2D eigenvalue weighted by Gasteiger charge is -2.22. The maximum atomic E-state index is 8.85. The fraction of sp³-hybridized carbons (Fsp3) is 0.455. The molecule has 0 aliphatic rings. The summed E-state index contributed by atoms with van der Waals surface area (Å²) in [7, 11) is 0. The second-order valence-electron chi connectivity index (χ2n) is 3.29. The Balaban J connectivity index is 3.08. The van der Waals surface area contributed by atoms with Gasteiger partial charge in [0.1, 0.15) is 6.07 Å². The zero-order chi connectivity index (χ0) is 11.3. The summed E-state index contributed by atoms with van der Waals surface area (Å²) in [5.41, 5.74) is 6.85. The Kier molecular flexibility index (Phi) is 3.92. The molecule has 0 aromatic carbocycles. The first-order valence-corrected chi connectivity index (χ1v) is 5.14. The number of hydrogen-bond acceptors (Lipinski definition) is 4. The summed E-state index contributed by atoms with van der Waals surface area (Å²) in [5, 5.41) is 8.85. The molecule has 1 aromatic heterocycles. The smallest absolute Gasteiger partial charge is 0.153 e. The van der Waals surface area contributed by atoms with Gasteiger partial charge in [0.05, 0.1) is 11.3 Å². The third kappa shape index (κ3) is 2.38. The minimum Gasteiger partial charge on any atom is -0.395 e. The lowest BCUT2D eigenvalue weighted by Crippen LogP contribution is -2.25. The Labute approximate surface area is 90.3 Å². The summed E-state index contributed by atoms with van der Waals surface area (Å²) in [5.74, 6) is 0.721. The van der Waals surface area contributed by atoms with Crippen LogP contribution in [-0.2, 0) is 0 Å². The second-order valence-corrected chi connectivity index (χ2v) is 3.29. The zero-order valence-electron chi connectivity index (χ0n) is 9.20. The normalized spacial score (nSPS) is 9.67. The average Bonchev–Trinajstić information content (AvgIpc) is 2.27. The van der Waals surface area contributed by atoms with Crippen molar-refractivity contribution in [3.63, 3.8) is 0 Å². The predicted octanol–water partition coefficient (Wildman–Crippen LogP) is 1.77. The largest absolute Gasteiger partial charge is 0.395 e. The van der Waals surface area contributed by atoms with Gasteiger partial charge in [0.25, 0.3) is 0 Å². The maximum Gasteiger partial charge on any atom is 0.153 e. The van der Waals surface area contributed by atoms with Crippen molar-refractivity contribution < 1.29 is 0 Å². The highest BCUT2D eigenvalue weighted by molar-refractivity contribution is 5.69. The maximum absolute atomic E-state index is 8.85. The van der Waals surface area contributed by atoms with E-state index in [0.29, 0.717) is 11.3 Å². The number of rotatable bonds is 4. The number of nitrogen functional groups attached to an aromatic ring is 1. The van der Waals surface area contributed by atoms with Crippen LogP contribution in [0.25, 0.3) is 0 Å². The van der Waals surface area contributed by atoms with E-state index in [2.05, 4.69) is 29.8 Å². The minimum absolute atomic E-state index is 0.482. The standard InChI is InChI=1S/C11H16N4/c1-3-7-15(4-2)11-10(13)9(8-12)5-6-14-11/h5-6H,3-4,7,13H2,1-2H3. The van der Waals surface area contributed by atoms with Gasteiger partial charge in [-0.05, 0) is 19.4 Å². The number of pyridine rings is 1. The lowest BCUT2D eigenvalue weighted by atomic mass is 10.2. The highest BCUT2D eigenvalue weighted by Gasteiger charge is 2.11. The van der Waals surface area contributed by atoms with Crippen LogP contribution in [0.15, 0.2) is 12.3 Å². The van der Waals surface area contributed by atoms with E-state index in [1.54, 1.807) is 12.3 Å². The molecule has 0 fully saturated rings. The molecule has 0 aliphatic carbocycles. The topological polar surface area (TPSA) is 65.9 Å². The molecule has 1 aromatic rings. The van der Waals surface area contributed by atoms with Crippen molar-refractivity contribution in [3.8, 4) is 6.07 Å². The van der Waals surface area contributed by atoms with Crippen molar-refractivity contribution in [1.29, 1.82) is 5.26 Å². The van der Waals surface area contributed by atoms with E-state index in [1.807, 2.05) is 0 Å². The molecule has 1 rings (SSSR count). The van der Waals surface area contributed by atoms with Crippen LogP contribution in [0, 0.1) is 11.3 Å². The molecule has 0 atom stereocenters. The number of aromatic nitrogens is 1. The number of hydrogen-bond donors (Lipinski definition) is 1. The second kappa shape index (κ2) is 5.20. The van der Waals surface area contributed by atoms with Crippen LogP contribution in [0.4, 0.5) is 11.5 Å². The van der Waals surface area contributed by atoms with E-state index in [1.165, 1.54) is 0 Å². The first-order valence-electron chi connectivity index (χ1n) is 5.14. The van der Waals surface area contributed by atoms with Gasteiger partial charge in [-0.3, -0.25) is 0 Å². The number of nitrogens with zero attached hydrogens (tertiary/aromatic N) is 3. The van der Waals surface area contributed by atoms with Crippen LogP contribution in [0.5, 0.6) is 0 Å². The molecular formula is C11H16N4. The van der Waals surface area contributed by atoms with E-state index in [9.17, 15) is 0 Å². The summed E-state index contributed by atoms with van der Waals surface area (Å²) in [6.45, 7) is 5.91. The molecule has 4 nitrogen and oxygen atoms in total. The van der Waals surface area contributed by atoms with Gasteiger partial charge in [-0.1, -0.05) is 6.92 Å². The molecule has 0 amide bonds. The van der Waals surface area contributed by atoms with Gasteiger partial charge in [0.2, 0.25) is 0 Å². The van der Waals surface area contributed by atoms with Gasteiger partial charge in [-0.25, -0.2) is 4.98 Å². The molecular weight excluding hydrogens is 188 g/mol. The fourth-order valence-corrected chi connectivity index (χ4v) is 1.50. The van der Waals surface area contributed by atoms with Crippen molar-refractivity contribution in [2.45, 2.75) is 20.3 Å². The molecule has 0 aliphatic heterocycles. The SMILES string of the molecule is CCCN(CC)c1nccc(C#N)c1N. The highest BCUT2D eigenvalue weighted by Crippen LogP contribution is 2.23. The van der Waals surface area contributed by atoms with Crippen molar-refractivity contribution in [1.82, 2.24) is 4.98 Å². The Morgan fingerprint density at radius 1 is 1.53 bits per heavy atom. The molecule has 80 valence electrons. The van der Waals surface area contributed by atoms with Crippen LogP contribution < -0.4 is 10.6 Å². The van der Waals surface area contributed by atoms with Crippen molar-refractivity contribution in [2.75, 3.05) is 23.7 Å².